The van der Waals surface area contributed by atoms with Crippen LogP contribution in [0.4, 0.5) is 37.8 Å². The number of hydrogen-bond donors (Lipinski definition) is 0. The molecule has 8 nitrogen and oxygen atoms in total. The Morgan fingerprint density at radius 2 is 1.56 bits per heavy atom. The van der Waals surface area contributed by atoms with Crippen LogP contribution in [-0.4, -0.2) is 62.1 Å². The highest BCUT2D eigenvalue weighted by atomic mass is 19.4. The third-order valence-corrected chi connectivity index (χ3v) is 5.73. The van der Waals surface area contributed by atoms with Crippen molar-refractivity contribution >= 4 is 22.7 Å². The summed E-state index contributed by atoms with van der Waals surface area (Å²) in [4.78, 5) is 19.2. The smallest absolute Gasteiger partial charge is 0.368 e. The summed E-state index contributed by atoms with van der Waals surface area (Å²) in [6, 6.07) is 0. The van der Waals surface area contributed by atoms with Crippen LogP contribution in [0, 0.1) is 5.41 Å². The third-order valence-electron chi connectivity index (χ3n) is 5.73. The topological polar surface area (TPSA) is 75.9 Å². The zero-order valence-corrected chi connectivity index (χ0v) is 16.4. The minimum absolute atomic E-state index is 0.0675. The van der Waals surface area contributed by atoms with Crippen LogP contribution in [0.5, 0.6) is 0 Å². The molecule has 0 unspecified atom stereocenters. The van der Waals surface area contributed by atoms with E-state index in [0.29, 0.717) is 37.7 Å². The standard InChI is InChI=1S/C18H16F6N8/c19-17(20,21)10-32-14-12(5-28-32)25-6-13(29-14)30-2-1-16(7-30)8-31(9-16)11-3-26-15(27-4-11)18(22,23)24/h3-6H,1-2,7-10H2. The number of alkyl halides is 6. The Balaban J connectivity index is 1.27. The van der Waals surface area contributed by atoms with Crippen molar-refractivity contribution in [1.82, 2.24) is 29.7 Å². The summed E-state index contributed by atoms with van der Waals surface area (Å²) in [6.07, 6.45) is -3.11. The van der Waals surface area contributed by atoms with Crippen LogP contribution in [0.3, 0.4) is 0 Å². The molecule has 2 saturated heterocycles. The maximum atomic E-state index is 12.8. The SMILES string of the molecule is FC(F)(F)Cn1ncc2ncc(N3CCC4(CN(c5cnc(C(F)(F)F)nc5)C4)C3)nc21. The molecule has 170 valence electrons. The quantitative estimate of drug-likeness (QED) is 0.559. The van der Waals surface area contributed by atoms with E-state index in [9.17, 15) is 26.3 Å². The molecular formula is C18H16F6N8. The van der Waals surface area contributed by atoms with Crippen LogP contribution in [0.1, 0.15) is 12.2 Å². The summed E-state index contributed by atoms with van der Waals surface area (Å²) in [5.74, 6) is -0.711. The molecule has 5 heterocycles. The molecule has 5 rings (SSSR count). The predicted molar refractivity (Wildman–Crippen MR) is 99.9 cm³/mol. The predicted octanol–water partition coefficient (Wildman–Crippen LogP) is 2.91. The van der Waals surface area contributed by atoms with Crippen molar-refractivity contribution in [2.24, 2.45) is 5.41 Å². The fraction of sp³-hybridized carbons (Fsp3) is 0.500. The van der Waals surface area contributed by atoms with Gasteiger partial charge in [-0.15, -0.1) is 0 Å². The van der Waals surface area contributed by atoms with Crippen molar-refractivity contribution < 1.29 is 26.3 Å². The van der Waals surface area contributed by atoms with Crippen LogP contribution < -0.4 is 9.80 Å². The van der Waals surface area contributed by atoms with Gasteiger partial charge in [-0.2, -0.15) is 31.4 Å². The van der Waals surface area contributed by atoms with E-state index >= 15 is 0 Å². The van der Waals surface area contributed by atoms with Crippen molar-refractivity contribution in [1.29, 1.82) is 0 Å². The zero-order valence-electron chi connectivity index (χ0n) is 16.4. The summed E-state index contributed by atoms with van der Waals surface area (Å²) in [7, 11) is 0. The summed E-state index contributed by atoms with van der Waals surface area (Å²) >= 11 is 0. The van der Waals surface area contributed by atoms with E-state index in [1.807, 2.05) is 9.80 Å². The van der Waals surface area contributed by atoms with E-state index < -0.39 is 24.7 Å². The Bertz CT molecular complexity index is 1130. The molecule has 3 aromatic heterocycles. The maximum absolute atomic E-state index is 12.8. The van der Waals surface area contributed by atoms with Crippen molar-refractivity contribution in [3.8, 4) is 0 Å². The molecule has 0 aromatic carbocycles. The highest BCUT2D eigenvalue weighted by Gasteiger charge is 2.48. The first-order chi connectivity index (χ1) is 15.0. The van der Waals surface area contributed by atoms with E-state index in [2.05, 4.69) is 25.0 Å². The molecule has 0 amide bonds. The zero-order chi connectivity index (χ0) is 22.7. The first-order valence-electron chi connectivity index (χ1n) is 9.66. The fourth-order valence-electron chi connectivity index (χ4n) is 4.24. The van der Waals surface area contributed by atoms with Gasteiger partial charge in [0.1, 0.15) is 17.9 Å². The number of anilines is 2. The summed E-state index contributed by atoms with van der Waals surface area (Å²) in [6.45, 7) is 1.23. The van der Waals surface area contributed by atoms with Gasteiger partial charge in [0.25, 0.3) is 0 Å². The molecule has 1 spiro atoms. The number of hydrogen-bond acceptors (Lipinski definition) is 7. The van der Waals surface area contributed by atoms with Crippen molar-refractivity contribution in [2.75, 3.05) is 36.0 Å². The normalized spacial score (nSPS) is 18.6. The lowest BCUT2D eigenvalue weighted by Crippen LogP contribution is -2.57. The molecular weight excluding hydrogens is 442 g/mol. The van der Waals surface area contributed by atoms with Gasteiger partial charge in [0.2, 0.25) is 5.82 Å². The van der Waals surface area contributed by atoms with Crippen LogP contribution in [0.2, 0.25) is 0 Å². The van der Waals surface area contributed by atoms with Gasteiger partial charge in [-0.25, -0.2) is 24.6 Å². The Morgan fingerprint density at radius 3 is 2.22 bits per heavy atom. The number of halogens is 6. The molecule has 0 bridgehead atoms. The van der Waals surface area contributed by atoms with Crippen LogP contribution in [0.25, 0.3) is 11.2 Å². The summed E-state index contributed by atoms with van der Waals surface area (Å²) < 4.78 is 77.0. The second kappa shape index (κ2) is 6.90. The first-order valence-corrected chi connectivity index (χ1v) is 9.66. The summed E-state index contributed by atoms with van der Waals surface area (Å²) in [5, 5.41) is 3.73. The van der Waals surface area contributed by atoms with E-state index in [-0.39, 0.29) is 16.6 Å². The molecule has 14 heteroatoms. The minimum atomic E-state index is -4.59. The van der Waals surface area contributed by atoms with Gasteiger partial charge in [0, 0.05) is 31.6 Å². The maximum Gasteiger partial charge on any atom is 0.451 e. The van der Waals surface area contributed by atoms with Gasteiger partial charge in [-0.05, 0) is 6.42 Å². The molecule has 2 fully saturated rings. The largest absolute Gasteiger partial charge is 0.451 e. The molecule has 0 atom stereocenters. The van der Waals surface area contributed by atoms with Crippen LogP contribution in [0.15, 0.2) is 24.8 Å². The van der Waals surface area contributed by atoms with E-state index in [0.717, 1.165) is 23.5 Å². The number of aromatic nitrogens is 6. The summed E-state index contributed by atoms with van der Waals surface area (Å²) in [5.41, 5.74) is 0.771. The third kappa shape index (κ3) is 3.77. The Labute approximate surface area is 176 Å². The Hall–Kier alpha value is -3.19. The molecule has 3 aromatic rings. The second-order valence-corrected chi connectivity index (χ2v) is 8.14. The Morgan fingerprint density at radius 1 is 0.875 bits per heavy atom. The molecule has 0 radical (unpaired) electrons. The molecule has 0 saturated carbocycles. The van der Waals surface area contributed by atoms with E-state index in [1.54, 1.807) is 0 Å². The first kappa shape index (κ1) is 20.7. The molecule has 0 aliphatic carbocycles. The monoisotopic (exact) mass is 458 g/mol. The van der Waals surface area contributed by atoms with Gasteiger partial charge in [0.15, 0.2) is 5.65 Å². The lowest BCUT2D eigenvalue weighted by atomic mass is 9.79. The van der Waals surface area contributed by atoms with Crippen LogP contribution >= 0.6 is 0 Å². The van der Waals surface area contributed by atoms with Gasteiger partial charge in [-0.3, -0.25) is 0 Å². The minimum Gasteiger partial charge on any atom is -0.368 e. The molecule has 0 N–H and O–H groups in total. The van der Waals surface area contributed by atoms with Gasteiger partial charge in [0.05, 0.1) is 30.5 Å². The average molecular weight is 458 g/mol. The van der Waals surface area contributed by atoms with E-state index in [1.165, 1.54) is 12.4 Å². The lowest BCUT2D eigenvalue weighted by molar-refractivity contribution is -0.145. The number of fused-ring (bicyclic) bond motifs is 1. The molecule has 32 heavy (non-hydrogen) atoms. The molecule has 2 aliphatic heterocycles. The van der Waals surface area contributed by atoms with E-state index in [4.69, 9.17) is 0 Å². The fourth-order valence-corrected chi connectivity index (χ4v) is 4.24. The van der Waals surface area contributed by atoms with Crippen LogP contribution in [-0.2, 0) is 12.7 Å². The van der Waals surface area contributed by atoms with Gasteiger partial charge in [-0.1, -0.05) is 0 Å². The van der Waals surface area contributed by atoms with Crippen molar-refractivity contribution in [3.63, 3.8) is 0 Å². The van der Waals surface area contributed by atoms with Crippen molar-refractivity contribution in [3.05, 3.63) is 30.6 Å². The number of nitrogens with zero attached hydrogens (tertiary/aromatic N) is 8. The number of rotatable bonds is 3. The second-order valence-electron chi connectivity index (χ2n) is 8.14. The highest BCUT2D eigenvalue weighted by molar-refractivity contribution is 5.71. The highest BCUT2D eigenvalue weighted by Crippen LogP contribution is 2.42. The Kier molecular flexibility index (Phi) is 4.47. The average Bonchev–Trinajstić information content (AvgIpc) is 3.30. The lowest BCUT2D eigenvalue weighted by Gasteiger charge is -2.49. The van der Waals surface area contributed by atoms with Gasteiger partial charge < -0.3 is 9.80 Å². The van der Waals surface area contributed by atoms with Gasteiger partial charge >= 0.3 is 12.4 Å². The van der Waals surface area contributed by atoms with Crippen molar-refractivity contribution in [2.45, 2.75) is 25.3 Å². The molecule has 2 aliphatic rings.